The second kappa shape index (κ2) is 4.04. The fourth-order valence-corrected chi connectivity index (χ4v) is 1.74. The van der Waals surface area contributed by atoms with Gasteiger partial charge in [0.1, 0.15) is 0 Å². The van der Waals surface area contributed by atoms with Crippen molar-refractivity contribution in [3.05, 3.63) is 23.5 Å². The highest BCUT2D eigenvalue weighted by molar-refractivity contribution is 5.92. The third kappa shape index (κ3) is 2.03. The summed E-state index contributed by atoms with van der Waals surface area (Å²) in [7, 11) is 1.64. The van der Waals surface area contributed by atoms with Gasteiger partial charge in [0.05, 0.1) is 31.4 Å². The predicted octanol–water partition coefficient (Wildman–Crippen LogP) is 0.132. The highest BCUT2D eigenvalue weighted by Crippen LogP contribution is 2.17. The number of nitrogens with two attached hydrogens (primary N) is 1. The molecule has 1 aliphatic heterocycles. The van der Waals surface area contributed by atoms with Gasteiger partial charge in [-0.25, -0.2) is 0 Å². The van der Waals surface area contributed by atoms with Gasteiger partial charge in [-0.05, 0) is 6.07 Å². The number of ether oxygens (including phenoxy) is 2. The van der Waals surface area contributed by atoms with Crippen LogP contribution < -0.4 is 5.73 Å². The Morgan fingerprint density at radius 2 is 2.60 bits per heavy atom. The second-order valence-corrected chi connectivity index (χ2v) is 3.63. The largest absolute Gasteiger partial charge is 0.382 e. The van der Waals surface area contributed by atoms with Crippen LogP contribution in [0.1, 0.15) is 16.1 Å². The minimum absolute atomic E-state index is 0.0515. The van der Waals surface area contributed by atoms with Crippen molar-refractivity contribution in [1.29, 1.82) is 0 Å². The number of hydrogen-bond acceptors (Lipinski definition) is 3. The molecule has 0 aliphatic carbocycles. The average molecular weight is 210 g/mol. The fourth-order valence-electron chi connectivity index (χ4n) is 1.74. The molecule has 0 saturated carbocycles. The van der Waals surface area contributed by atoms with E-state index in [0.29, 0.717) is 25.3 Å². The first-order chi connectivity index (χ1) is 7.20. The van der Waals surface area contributed by atoms with Crippen molar-refractivity contribution in [1.82, 2.24) is 4.57 Å². The maximum atomic E-state index is 11.0. The molecule has 1 atom stereocenters. The van der Waals surface area contributed by atoms with Gasteiger partial charge in [0, 0.05) is 19.0 Å². The molecule has 0 aromatic carbocycles. The first kappa shape index (κ1) is 10.2. The minimum atomic E-state index is -0.403. The predicted molar refractivity (Wildman–Crippen MR) is 53.4 cm³/mol. The van der Waals surface area contributed by atoms with Gasteiger partial charge in [0.15, 0.2) is 0 Å². The number of aromatic nitrogens is 1. The number of amides is 1. The van der Waals surface area contributed by atoms with E-state index in [-0.39, 0.29) is 6.10 Å². The monoisotopic (exact) mass is 210 g/mol. The van der Waals surface area contributed by atoms with Crippen molar-refractivity contribution in [3.8, 4) is 0 Å². The number of hydrogen-bond donors (Lipinski definition) is 1. The smallest absolute Gasteiger partial charge is 0.250 e. The SMILES string of the molecule is COC[C@H]1Cn2cc(C(N)=O)cc2CO1. The number of rotatable bonds is 3. The molecule has 15 heavy (non-hydrogen) atoms. The van der Waals surface area contributed by atoms with Crippen molar-refractivity contribution in [2.45, 2.75) is 19.3 Å². The molecule has 5 heteroatoms. The number of fused-ring (bicyclic) bond motifs is 1. The second-order valence-electron chi connectivity index (χ2n) is 3.63. The molecule has 1 aromatic heterocycles. The van der Waals surface area contributed by atoms with Crippen molar-refractivity contribution in [3.63, 3.8) is 0 Å². The molecular weight excluding hydrogens is 196 g/mol. The summed E-state index contributed by atoms with van der Waals surface area (Å²) in [4.78, 5) is 11.0. The van der Waals surface area contributed by atoms with Gasteiger partial charge in [-0.1, -0.05) is 0 Å². The molecular formula is C10H14N2O3. The number of nitrogens with zero attached hydrogens (tertiary/aromatic N) is 1. The lowest BCUT2D eigenvalue weighted by atomic mass is 10.3. The van der Waals surface area contributed by atoms with Gasteiger partial charge < -0.3 is 19.8 Å². The Bertz CT molecular complexity index is 373. The van der Waals surface area contributed by atoms with Crippen molar-refractivity contribution < 1.29 is 14.3 Å². The Labute approximate surface area is 87.8 Å². The van der Waals surface area contributed by atoms with E-state index in [0.717, 1.165) is 5.69 Å². The number of carbonyl (C=O) groups is 1. The highest BCUT2D eigenvalue weighted by Gasteiger charge is 2.20. The Balaban J connectivity index is 2.15. The number of methoxy groups -OCH3 is 1. The maximum Gasteiger partial charge on any atom is 0.250 e. The van der Waals surface area contributed by atoms with Gasteiger partial charge in [0.25, 0.3) is 0 Å². The van der Waals surface area contributed by atoms with Crippen LogP contribution in [0, 0.1) is 0 Å². The first-order valence-corrected chi connectivity index (χ1v) is 4.80. The molecule has 2 heterocycles. The van der Waals surface area contributed by atoms with Gasteiger partial charge in [-0.15, -0.1) is 0 Å². The lowest BCUT2D eigenvalue weighted by Gasteiger charge is -2.24. The van der Waals surface area contributed by atoms with E-state index in [1.54, 1.807) is 19.4 Å². The van der Waals surface area contributed by atoms with E-state index < -0.39 is 5.91 Å². The molecule has 0 fully saturated rings. The summed E-state index contributed by atoms with van der Waals surface area (Å²) in [5.74, 6) is -0.403. The van der Waals surface area contributed by atoms with Gasteiger partial charge in [-0.3, -0.25) is 4.79 Å². The van der Waals surface area contributed by atoms with E-state index >= 15 is 0 Å². The Hall–Kier alpha value is -1.33. The van der Waals surface area contributed by atoms with Gasteiger partial charge in [-0.2, -0.15) is 0 Å². The quantitative estimate of drug-likeness (QED) is 0.771. The zero-order chi connectivity index (χ0) is 10.8. The Morgan fingerprint density at radius 3 is 3.27 bits per heavy atom. The van der Waals surface area contributed by atoms with E-state index in [1.807, 2.05) is 4.57 Å². The summed E-state index contributed by atoms with van der Waals surface area (Å²) in [5.41, 5.74) is 6.72. The maximum absolute atomic E-state index is 11.0. The van der Waals surface area contributed by atoms with Crippen molar-refractivity contribution in [2.75, 3.05) is 13.7 Å². The molecule has 0 unspecified atom stereocenters. The van der Waals surface area contributed by atoms with Crippen molar-refractivity contribution >= 4 is 5.91 Å². The summed E-state index contributed by atoms with van der Waals surface area (Å²) in [6, 6.07) is 1.77. The summed E-state index contributed by atoms with van der Waals surface area (Å²) < 4.78 is 12.6. The zero-order valence-electron chi connectivity index (χ0n) is 8.60. The van der Waals surface area contributed by atoms with E-state index in [1.165, 1.54) is 0 Å². The fraction of sp³-hybridized carbons (Fsp3) is 0.500. The van der Waals surface area contributed by atoms with E-state index in [4.69, 9.17) is 15.2 Å². The van der Waals surface area contributed by atoms with Crippen molar-refractivity contribution in [2.24, 2.45) is 5.73 Å². The van der Waals surface area contributed by atoms with E-state index in [2.05, 4.69) is 0 Å². The molecule has 0 saturated heterocycles. The van der Waals surface area contributed by atoms with Crippen LogP contribution in [0.4, 0.5) is 0 Å². The summed E-state index contributed by atoms with van der Waals surface area (Å²) in [6.07, 6.45) is 1.82. The van der Waals surface area contributed by atoms with Crippen LogP contribution in [0.25, 0.3) is 0 Å². The number of carbonyl (C=O) groups excluding carboxylic acids is 1. The molecule has 1 amide bonds. The number of primary amides is 1. The van der Waals surface area contributed by atoms with Crippen LogP contribution in [0.3, 0.4) is 0 Å². The van der Waals surface area contributed by atoms with Crippen LogP contribution >= 0.6 is 0 Å². The molecule has 0 bridgehead atoms. The standard InChI is InChI=1S/C10H14N2O3/c1-14-6-9-4-12-3-7(10(11)13)2-8(12)5-15-9/h2-3,9H,4-6H2,1H3,(H2,11,13)/t9-/m1/s1. The van der Waals surface area contributed by atoms with Gasteiger partial charge >= 0.3 is 0 Å². The normalized spacial score (nSPS) is 19.9. The average Bonchev–Trinajstić information content (AvgIpc) is 2.61. The first-order valence-electron chi connectivity index (χ1n) is 4.80. The third-order valence-electron chi connectivity index (χ3n) is 2.49. The lowest BCUT2D eigenvalue weighted by molar-refractivity contribution is -0.0382. The molecule has 82 valence electrons. The zero-order valence-corrected chi connectivity index (χ0v) is 8.60. The molecule has 0 radical (unpaired) electrons. The van der Waals surface area contributed by atoms with Gasteiger partial charge in [0.2, 0.25) is 5.91 Å². The molecule has 0 spiro atoms. The van der Waals surface area contributed by atoms with Crippen LogP contribution in [0.15, 0.2) is 12.3 Å². The topological polar surface area (TPSA) is 66.5 Å². The third-order valence-corrected chi connectivity index (χ3v) is 2.49. The summed E-state index contributed by atoms with van der Waals surface area (Å²) in [6.45, 7) is 1.77. The van der Waals surface area contributed by atoms with Crippen LogP contribution in [0.5, 0.6) is 0 Å². The Morgan fingerprint density at radius 1 is 1.80 bits per heavy atom. The molecule has 2 rings (SSSR count). The van der Waals surface area contributed by atoms with Crippen LogP contribution in [-0.4, -0.2) is 30.3 Å². The Kier molecular flexibility index (Phi) is 2.75. The molecule has 1 aromatic rings. The molecule has 2 N–H and O–H groups in total. The summed E-state index contributed by atoms with van der Waals surface area (Å²) in [5, 5.41) is 0. The molecule has 5 nitrogen and oxygen atoms in total. The summed E-state index contributed by atoms with van der Waals surface area (Å²) >= 11 is 0. The lowest BCUT2D eigenvalue weighted by Crippen LogP contribution is -2.30. The molecule has 1 aliphatic rings. The van der Waals surface area contributed by atoms with Crippen LogP contribution in [0.2, 0.25) is 0 Å². The van der Waals surface area contributed by atoms with E-state index in [9.17, 15) is 4.79 Å². The minimum Gasteiger partial charge on any atom is -0.382 e. The van der Waals surface area contributed by atoms with Crippen LogP contribution in [-0.2, 0) is 22.6 Å². The highest BCUT2D eigenvalue weighted by atomic mass is 16.5.